The molecule has 0 aliphatic rings. The first-order valence-electron chi connectivity index (χ1n) is 5.89. The van der Waals surface area contributed by atoms with E-state index in [-0.39, 0.29) is 0 Å². The van der Waals surface area contributed by atoms with Gasteiger partial charge in [-0.3, -0.25) is 0 Å². The van der Waals surface area contributed by atoms with Crippen LogP contribution in [0, 0.1) is 5.41 Å². The van der Waals surface area contributed by atoms with Crippen molar-refractivity contribution in [3.8, 4) is 5.75 Å². The molecule has 0 spiro atoms. The van der Waals surface area contributed by atoms with Crippen molar-refractivity contribution >= 4 is 17.9 Å². The maximum absolute atomic E-state index is 11.8. The summed E-state index contributed by atoms with van der Waals surface area (Å²) in [6, 6.07) is 6.34. The van der Waals surface area contributed by atoms with Gasteiger partial charge in [0.1, 0.15) is 18.1 Å². The molecule has 1 rings (SSSR count). The zero-order chi connectivity index (χ0) is 14.5. The number of benzene rings is 1. The Morgan fingerprint density at radius 1 is 1.26 bits per heavy atom. The fourth-order valence-corrected chi connectivity index (χ4v) is 1.59. The predicted octanol–water partition coefficient (Wildman–Crippen LogP) is 1.87. The van der Waals surface area contributed by atoms with Gasteiger partial charge in [0.15, 0.2) is 0 Å². The summed E-state index contributed by atoms with van der Waals surface area (Å²) in [4.78, 5) is 22.9. The Morgan fingerprint density at radius 2 is 1.84 bits per heavy atom. The number of hydrogen-bond donors (Lipinski definition) is 1. The third kappa shape index (κ3) is 3.71. The smallest absolute Gasteiger partial charge is 0.329 e. The number of esters is 1. The van der Waals surface area contributed by atoms with Gasteiger partial charge in [-0.25, -0.2) is 4.79 Å². The number of anilines is 1. The molecule has 0 aliphatic carbocycles. The van der Waals surface area contributed by atoms with Crippen molar-refractivity contribution in [1.82, 2.24) is 0 Å². The van der Waals surface area contributed by atoms with Gasteiger partial charge >= 0.3 is 5.97 Å². The monoisotopic (exact) mass is 265 g/mol. The number of nitrogens with one attached hydrogen (secondary N) is 1. The highest BCUT2D eigenvalue weighted by molar-refractivity contribution is 5.85. The zero-order valence-corrected chi connectivity index (χ0v) is 11.6. The second-order valence-electron chi connectivity index (χ2n) is 4.77. The molecular formula is C14H19NO4. The molecule has 0 amide bonds. The Hall–Kier alpha value is -2.04. The van der Waals surface area contributed by atoms with E-state index in [1.165, 1.54) is 7.11 Å². The summed E-state index contributed by atoms with van der Waals surface area (Å²) in [5.74, 6) is 0.239. The molecule has 0 heterocycles. The zero-order valence-electron chi connectivity index (χ0n) is 11.6. The Morgan fingerprint density at radius 3 is 2.26 bits per heavy atom. The Labute approximate surface area is 112 Å². The molecule has 1 aromatic rings. The summed E-state index contributed by atoms with van der Waals surface area (Å²) < 4.78 is 9.79. The van der Waals surface area contributed by atoms with Crippen LogP contribution in [0.1, 0.15) is 13.8 Å². The molecule has 0 unspecified atom stereocenters. The minimum atomic E-state index is -0.868. The molecule has 0 radical (unpaired) electrons. The van der Waals surface area contributed by atoms with Gasteiger partial charge in [0, 0.05) is 5.69 Å². The van der Waals surface area contributed by atoms with Crippen LogP contribution < -0.4 is 10.1 Å². The topological polar surface area (TPSA) is 64.6 Å². The van der Waals surface area contributed by atoms with Crippen molar-refractivity contribution in [2.45, 2.75) is 19.9 Å². The van der Waals surface area contributed by atoms with Crippen molar-refractivity contribution in [2.75, 3.05) is 19.5 Å². The van der Waals surface area contributed by atoms with Crippen LogP contribution in [0.4, 0.5) is 5.69 Å². The van der Waals surface area contributed by atoms with Gasteiger partial charge < -0.3 is 19.6 Å². The Bertz CT molecular complexity index is 439. The van der Waals surface area contributed by atoms with Gasteiger partial charge in [-0.05, 0) is 24.3 Å². The van der Waals surface area contributed by atoms with Gasteiger partial charge in [0.05, 0.1) is 19.6 Å². The predicted molar refractivity (Wildman–Crippen MR) is 72.3 cm³/mol. The van der Waals surface area contributed by atoms with Crippen LogP contribution in [0.3, 0.4) is 0 Å². The highest BCUT2D eigenvalue weighted by atomic mass is 16.5. The first kappa shape index (κ1) is 15.0. The van der Waals surface area contributed by atoms with E-state index in [2.05, 4.69) is 5.32 Å². The normalized spacial score (nSPS) is 12.4. The van der Waals surface area contributed by atoms with Gasteiger partial charge in [0.25, 0.3) is 0 Å². The van der Waals surface area contributed by atoms with Crippen molar-refractivity contribution in [2.24, 2.45) is 5.41 Å². The van der Waals surface area contributed by atoms with E-state index in [0.29, 0.717) is 5.69 Å². The molecule has 1 aromatic carbocycles. The lowest BCUT2D eigenvalue weighted by Gasteiger charge is -2.28. The molecule has 5 heteroatoms. The molecule has 0 saturated heterocycles. The standard InChI is InChI=1S/C14H19NO4/c1-14(2,9-16)12(13(17)19-4)15-10-5-7-11(18-3)8-6-10/h5-9,12,15H,1-4H3/t12-/m1/s1. The lowest BCUT2D eigenvalue weighted by atomic mass is 9.86. The molecule has 19 heavy (non-hydrogen) atoms. The van der Waals surface area contributed by atoms with Crippen LogP contribution in [0.2, 0.25) is 0 Å². The van der Waals surface area contributed by atoms with Crippen molar-refractivity contribution < 1.29 is 19.1 Å². The van der Waals surface area contributed by atoms with E-state index in [1.54, 1.807) is 45.2 Å². The van der Waals surface area contributed by atoms with Crippen LogP contribution in [0.25, 0.3) is 0 Å². The number of ether oxygens (including phenoxy) is 2. The SMILES string of the molecule is COC(=O)[C@@H](Nc1ccc(OC)cc1)C(C)(C)C=O. The second kappa shape index (κ2) is 6.22. The molecule has 104 valence electrons. The van der Waals surface area contributed by atoms with E-state index in [9.17, 15) is 9.59 Å². The maximum atomic E-state index is 11.8. The lowest BCUT2D eigenvalue weighted by Crippen LogP contribution is -2.44. The van der Waals surface area contributed by atoms with E-state index >= 15 is 0 Å². The van der Waals surface area contributed by atoms with Crippen LogP contribution in [0.5, 0.6) is 5.75 Å². The quantitative estimate of drug-likeness (QED) is 0.628. The Balaban J connectivity index is 2.94. The third-order valence-electron chi connectivity index (χ3n) is 2.89. The molecular weight excluding hydrogens is 246 g/mol. The Kier molecular flexibility index (Phi) is 4.92. The van der Waals surface area contributed by atoms with E-state index in [1.807, 2.05) is 0 Å². The van der Waals surface area contributed by atoms with Crippen LogP contribution in [-0.4, -0.2) is 32.5 Å². The summed E-state index contributed by atoms with van der Waals surface area (Å²) in [6.07, 6.45) is 0.741. The van der Waals surface area contributed by atoms with Crippen LogP contribution >= 0.6 is 0 Å². The number of carbonyl (C=O) groups is 2. The minimum Gasteiger partial charge on any atom is -0.497 e. The fraction of sp³-hybridized carbons (Fsp3) is 0.429. The van der Waals surface area contributed by atoms with Crippen molar-refractivity contribution in [3.05, 3.63) is 24.3 Å². The van der Waals surface area contributed by atoms with Crippen molar-refractivity contribution in [3.63, 3.8) is 0 Å². The van der Waals surface area contributed by atoms with E-state index < -0.39 is 17.4 Å². The fourth-order valence-electron chi connectivity index (χ4n) is 1.59. The number of hydrogen-bond acceptors (Lipinski definition) is 5. The average Bonchev–Trinajstić information content (AvgIpc) is 2.44. The molecule has 1 atom stereocenters. The number of methoxy groups -OCH3 is 2. The van der Waals surface area contributed by atoms with Gasteiger partial charge in [0.2, 0.25) is 0 Å². The maximum Gasteiger partial charge on any atom is 0.329 e. The summed E-state index contributed by atoms with van der Waals surface area (Å²) in [6.45, 7) is 3.36. The highest BCUT2D eigenvalue weighted by Gasteiger charge is 2.36. The first-order valence-corrected chi connectivity index (χ1v) is 5.89. The lowest BCUT2D eigenvalue weighted by molar-refractivity contribution is -0.145. The average molecular weight is 265 g/mol. The highest BCUT2D eigenvalue weighted by Crippen LogP contribution is 2.24. The number of rotatable bonds is 6. The van der Waals surface area contributed by atoms with Gasteiger partial charge in [-0.15, -0.1) is 0 Å². The molecule has 1 N–H and O–H groups in total. The van der Waals surface area contributed by atoms with E-state index in [4.69, 9.17) is 9.47 Å². The van der Waals surface area contributed by atoms with Gasteiger partial charge in [-0.2, -0.15) is 0 Å². The molecule has 0 bridgehead atoms. The minimum absolute atomic E-state index is 0.479. The van der Waals surface area contributed by atoms with Crippen molar-refractivity contribution in [1.29, 1.82) is 0 Å². The first-order chi connectivity index (χ1) is 8.94. The summed E-state index contributed by atoms with van der Waals surface area (Å²) >= 11 is 0. The molecule has 0 aliphatic heterocycles. The van der Waals surface area contributed by atoms with E-state index in [0.717, 1.165) is 12.0 Å². The molecule has 0 aromatic heterocycles. The largest absolute Gasteiger partial charge is 0.497 e. The molecule has 0 fully saturated rings. The summed E-state index contributed by atoms with van der Waals surface area (Å²) in [5.41, 5.74) is -0.154. The summed E-state index contributed by atoms with van der Waals surface area (Å²) in [5, 5.41) is 3.01. The number of aldehydes is 1. The molecule has 5 nitrogen and oxygen atoms in total. The number of carbonyl (C=O) groups excluding carboxylic acids is 2. The molecule has 0 saturated carbocycles. The van der Waals surface area contributed by atoms with Crippen LogP contribution in [0.15, 0.2) is 24.3 Å². The van der Waals surface area contributed by atoms with Crippen LogP contribution in [-0.2, 0) is 14.3 Å². The third-order valence-corrected chi connectivity index (χ3v) is 2.89. The summed E-state index contributed by atoms with van der Waals surface area (Å²) in [7, 11) is 2.88. The second-order valence-corrected chi connectivity index (χ2v) is 4.77. The van der Waals surface area contributed by atoms with Gasteiger partial charge in [-0.1, -0.05) is 13.8 Å².